The molecule has 1 saturated heterocycles. The normalized spacial score (nSPS) is 22.3. The van der Waals surface area contributed by atoms with Crippen LogP contribution in [0.25, 0.3) is 0 Å². The fourth-order valence-corrected chi connectivity index (χ4v) is 2.96. The van der Waals surface area contributed by atoms with Gasteiger partial charge in [-0.05, 0) is 25.7 Å². The number of ether oxygens (including phenoxy) is 1. The number of aryl methyl sites for hydroxylation is 2. The topological polar surface area (TPSA) is 77.5 Å². The Hall–Kier alpha value is -1.56. The van der Waals surface area contributed by atoms with Crippen molar-refractivity contribution in [3.8, 4) is 0 Å². The van der Waals surface area contributed by atoms with Crippen LogP contribution in [0.15, 0.2) is 11.2 Å². The van der Waals surface area contributed by atoms with Crippen LogP contribution < -0.4 is 11.1 Å². The summed E-state index contributed by atoms with van der Waals surface area (Å²) < 4.78 is 7.81. The summed E-state index contributed by atoms with van der Waals surface area (Å²) in [5.41, 5.74) is 7.02. The number of fused-ring (bicyclic) bond motifs is 1. The Balaban J connectivity index is 1.40. The van der Waals surface area contributed by atoms with Gasteiger partial charge in [-0.2, -0.15) is 0 Å². The second-order valence-electron chi connectivity index (χ2n) is 5.84. The molecule has 0 amide bonds. The zero-order valence-electron chi connectivity index (χ0n) is 12.6. The van der Waals surface area contributed by atoms with Gasteiger partial charge < -0.3 is 20.4 Å². The third-order valence-corrected chi connectivity index (χ3v) is 4.13. The highest BCUT2D eigenvalue weighted by Gasteiger charge is 2.14. The minimum absolute atomic E-state index is 0.255. The van der Waals surface area contributed by atoms with Crippen LogP contribution >= 0.6 is 0 Å². The van der Waals surface area contributed by atoms with Crippen molar-refractivity contribution in [2.24, 2.45) is 10.7 Å². The summed E-state index contributed by atoms with van der Waals surface area (Å²) in [4.78, 5) is 9.01. The smallest absolute Gasteiger partial charge is 0.188 e. The third-order valence-electron chi connectivity index (χ3n) is 4.13. The van der Waals surface area contributed by atoms with E-state index in [9.17, 15) is 0 Å². The van der Waals surface area contributed by atoms with Crippen molar-refractivity contribution in [2.75, 3.05) is 19.7 Å². The molecule has 1 aromatic heterocycles. The van der Waals surface area contributed by atoms with Gasteiger partial charge in [-0.25, -0.2) is 4.98 Å². The molecule has 1 fully saturated rings. The molecule has 0 bridgehead atoms. The van der Waals surface area contributed by atoms with Crippen LogP contribution in [0.3, 0.4) is 0 Å². The number of nitrogens with zero attached hydrogens (tertiary/aromatic N) is 3. The van der Waals surface area contributed by atoms with Crippen LogP contribution in [0.1, 0.15) is 37.2 Å². The monoisotopic (exact) mass is 291 g/mol. The number of hydrogen-bond acceptors (Lipinski definition) is 3. The molecule has 0 spiro atoms. The summed E-state index contributed by atoms with van der Waals surface area (Å²) in [5, 5.41) is 3.16. The van der Waals surface area contributed by atoms with E-state index < -0.39 is 0 Å². The molecular formula is C15H25N5O. The van der Waals surface area contributed by atoms with Crippen LogP contribution in [0.5, 0.6) is 0 Å². The van der Waals surface area contributed by atoms with Gasteiger partial charge in [0.25, 0.3) is 0 Å². The first-order chi connectivity index (χ1) is 10.3. The highest BCUT2D eigenvalue weighted by molar-refractivity contribution is 5.77. The number of hydrogen-bond donors (Lipinski definition) is 2. The van der Waals surface area contributed by atoms with Crippen molar-refractivity contribution in [3.63, 3.8) is 0 Å². The van der Waals surface area contributed by atoms with Crippen LogP contribution in [-0.4, -0.2) is 41.3 Å². The van der Waals surface area contributed by atoms with Gasteiger partial charge >= 0.3 is 0 Å². The lowest BCUT2D eigenvalue weighted by Crippen LogP contribution is -2.34. The first-order valence-corrected chi connectivity index (χ1v) is 8.01. The predicted octanol–water partition coefficient (Wildman–Crippen LogP) is 0.845. The Morgan fingerprint density at radius 1 is 1.48 bits per heavy atom. The first-order valence-electron chi connectivity index (χ1n) is 8.01. The van der Waals surface area contributed by atoms with E-state index in [-0.39, 0.29) is 6.10 Å². The number of imidazole rings is 1. The molecule has 3 N–H and O–H groups in total. The third kappa shape index (κ3) is 3.97. The van der Waals surface area contributed by atoms with Gasteiger partial charge in [0.2, 0.25) is 0 Å². The number of guanidine groups is 1. The van der Waals surface area contributed by atoms with Gasteiger partial charge in [-0.1, -0.05) is 0 Å². The lowest BCUT2D eigenvalue weighted by atomic mass is 10.2. The van der Waals surface area contributed by atoms with Gasteiger partial charge in [0, 0.05) is 38.7 Å². The predicted molar refractivity (Wildman–Crippen MR) is 82.3 cm³/mol. The molecule has 0 saturated carbocycles. The molecule has 0 aliphatic carbocycles. The van der Waals surface area contributed by atoms with Gasteiger partial charge in [0.1, 0.15) is 5.82 Å². The molecule has 6 heteroatoms. The van der Waals surface area contributed by atoms with Gasteiger partial charge in [-0.3, -0.25) is 4.99 Å². The second kappa shape index (κ2) is 6.93. The Labute approximate surface area is 125 Å². The van der Waals surface area contributed by atoms with E-state index in [1.165, 1.54) is 18.7 Å². The van der Waals surface area contributed by atoms with E-state index in [2.05, 4.69) is 26.1 Å². The summed E-state index contributed by atoms with van der Waals surface area (Å²) in [6, 6.07) is 0. The van der Waals surface area contributed by atoms with Gasteiger partial charge in [0.15, 0.2) is 5.96 Å². The van der Waals surface area contributed by atoms with E-state index >= 15 is 0 Å². The first kappa shape index (κ1) is 14.4. The van der Waals surface area contributed by atoms with Crippen molar-refractivity contribution in [1.29, 1.82) is 0 Å². The molecule has 1 atom stereocenters. The number of nitrogens with one attached hydrogen (secondary N) is 1. The Morgan fingerprint density at radius 2 is 2.43 bits per heavy atom. The Kier molecular flexibility index (Phi) is 4.75. The summed E-state index contributed by atoms with van der Waals surface area (Å²) in [6.07, 6.45) is 9.19. The standard InChI is InChI=1S/C15H25N5O/c16-15(18-10-13-4-3-9-21-13)17-7-6-12-11-20-8-2-1-5-14(20)19-12/h11,13H,1-10H2,(H3,16,17,18). The zero-order valence-corrected chi connectivity index (χ0v) is 12.6. The molecule has 1 aromatic rings. The summed E-state index contributed by atoms with van der Waals surface area (Å²) in [5.74, 6) is 1.74. The molecule has 3 rings (SSSR count). The van der Waals surface area contributed by atoms with Crippen LogP contribution in [0.4, 0.5) is 0 Å². The zero-order chi connectivity index (χ0) is 14.5. The Bertz CT molecular complexity index is 467. The molecule has 0 aromatic carbocycles. The average Bonchev–Trinajstić information content (AvgIpc) is 3.14. The van der Waals surface area contributed by atoms with Crippen LogP contribution in [0.2, 0.25) is 0 Å². The summed E-state index contributed by atoms with van der Waals surface area (Å²) >= 11 is 0. The van der Waals surface area contributed by atoms with Crippen molar-refractivity contribution < 1.29 is 4.74 Å². The van der Waals surface area contributed by atoms with E-state index in [4.69, 9.17) is 10.5 Å². The average molecular weight is 291 g/mol. The van der Waals surface area contributed by atoms with Crippen LogP contribution in [0, 0.1) is 0 Å². The molecular weight excluding hydrogens is 266 g/mol. The number of aliphatic imine (C=N–C) groups is 1. The SMILES string of the molecule is NC(=NCC1CCCO1)NCCc1cn2c(n1)CCCC2. The largest absolute Gasteiger partial charge is 0.376 e. The highest BCUT2D eigenvalue weighted by Crippen LogP contribution is 2.14. The summed E-state index contributed by atoms with van der Waals surface area (Å²) in [6.45, 7) is 3.41. The minimum Gasteiger partial charge on any atom is -0.376 e. The van der Waals surface area contributed by atoms with Crippen molar-refractivity contribution in [1.82, 2.24) is 14.9 Å². The fourth-order valence-electron chi connectivity index (χ4n) is 2.96. The maximum absolute atomic E-state index is 5.87. The lowest BCUT2D eigenvalue weighted by Gasteiger charge is -2.11. The van der Waals surface area contributed by atoms with Crippen molar-refractivity contribution in [2.45, 2.75) is 51.2 Å². The summed E-state index contributed by atoms with van der Waals surface area (Å²) in [7, 11) is 0. The number of rotatable bonds is 5. The van der Waals surface area contributed by atoms with Gasteiger partial charge in [-0.15, -0.1) is 0 Å². The quantitative estimate of drug-likeness (QED) is 0.623. The maximum Gasteiger partial charge on any atom is 0.188 e. The van der Waals surface area contributed by atoms with E-state index in [1.807, 2.05) is 0 Å². The maximum atomic E-state index is 5.87. The van der Waals surface area contributed by atoms with Crippen LogP contribution in [-0.2, 0) is 24.1 Å². The van der Waals surface area contributed by atoms with Gasteiger partial charge in [0.05, 0.1) is 18.3 Å². The van der Waals surface area contributed by atoms with E-state index in [1.54, 1.807) is 0 Å². The molecule has 0 radical (unpaired) electrons. The van der Waals surface area contributed by atoms with E-state index in [0.29, 0.717) is 12.5 Å². The molecule has 21 heavy (non-hydrogen) atoms. The lowest BCUT2D eigenvalue weighted by molar-refractivity contribution is 0.118. The number of aromatic nitrogens is 2. The molecule has 116 valence electrons. The molecule has 1 unspecified atom stereocenters. The highest BCUT2D eigenvalue weighted by atomic mass is 16.5. The molecule has 6 nitrogen and oxygen atoms in total. The fraction of sp³-hybridized carbons (Fsp3) is 0.733. The number of nitrogens with two attached hydrogens (primary N) is 1. The second-order valence-corrected chi connectivity index (χ2v) is 5.84. The molecule has 2 aliphatic heterocycles. The van der Waals surface area contributed by atoms with Crippen molar-refractivity contribution in [3.05, 3.63) is 17.7 Å². The molecule has 3 heterocycles. The molecule has 2 aliphatic rings. The Morgan fingerprint density at radius 3 is 3.24 bits per heavy atom. The van der Waals surface area contributed by atoms with E-state index in [0.717, 1.165) is 51.1 Å². The minimum atomic E-state index is 0.255. The van der Waals surface area contributed by atoms with Crippen molar-refractivity contribution >= 4 is 5.96 Å².